The minimum atomic E-state index is -0.173. The lowest BCUT2D eigenvalue weighted by molar-refractivity contribution is 0.522. The maximum absolute atomic E-state index is 13.5. The average molecular weight is 233 g/mol. The Morgan fingerprint density at radius 2 is 2.12 bits per heavy atom. The lowest BCUT2D eigenvalue weighted by atomic mass is 10.1. The molecule has 17 heavy (non-hydrogen) atoms. The average Bonchev–Trinajstić information content (AvgIpc) is 2.73. The molecule has 0 aliphatic heterocycles. The van der Waals surface area contributed by atoms with Crippen LogP contribution >= 0.6 is 0 Å². The molecule has 2 rings (SSSR count). The maximum Gasteiger partial charge on any atom is 0.127 e. The van der Waals surface area contributed by atoms with Gasteiger partial charge in [0.2, 0.25) is 0 Å². The van der Waals surface area contributed by atoms with Crippen LogP contribution in [-0.2, 0) is 13.6 Å². The normalized spacial score (nSPS) is 12.6. The van der Waals surface area contributed by atoms with Crippen molar-refractivity contribution < 1.29 is 4.39 Å². The summed E-state index contributed by atoms with van der Waals surface area (Å²) in [6, 6.07) is 8.74. The molecule has 0 bridgehead atoms. The highest BCUT2D eigenvalue weighted by atomic mass is 19.1. The molecule has 0 aliphatic carbocycles. The first kappa shape index (κ1) is 11.8. The Kier molecular flexibility index (Phi) is 3.54. The summed E-state index contributed by atoms with van der Waals surface area (Å²) in [4.78, 5) is 0. The summed E-state index contributed by atoms with van der Waals surface area (Å²) in [5.41, 5.74) is 1.64. The van der Waals surface area contributed by atoms with Crippen LogP contribution in [0.2, 0.25) is 0 Å². The Bertz CT molecular complexity index is 493. The Morgan fingerprint density at radius 3 is 2.76 bits per heavy atom. The van der Waals surface area contributed by atoms with E-state index in [-0.39, 0.29) is 11.9 Å². The number of aromatic nitrogens is 2. The van der Waals surface area contributed by atoms with Crippen molar-refractivity contribution in [2.45, 2.75) is 19.5 Å². The number of nitrogens with zero attached hydrogens (tertiary/aromatic N) is 2. The number of aryl methyl sites for hydroxylation is 1. The first-order valence-corrected chi connectivity index (χ1v) is 5.63. The van der Waals surface area contributed by atoms with Gasteiger partial charge in [0.05, 0.1) is 5.69 Å². The van der Waals surface area contributed by atoms with Crippen molar-refractivity contribution in [3.05, 3.63) is 53.6 Å². The van der Waals surface area contributed by atoms with Crippen molar-refractivity contribution in [2.75, 3.05) is 0 Å². The van der Waals surface area contributed by atoms with Gasteiger partial charge in [-0.1, -0.05) is 18.2 Å². The van der Waals surface area contributed by atoms with Gasteiger partial charge in [-0.25, -0.2) is 4.39 Å². The van der Waals surface area contributed by atoms with Crippen molar-refractivity contribution in [3.8, 4) is 0 Å². The quantitative estimate of drug-likeness (QED) is 0.878. The lowest BCUT2D eigenvalue weighted by Crippen LogP contribution is -2.19. The molecule has 2 aromatic rings. The van der Waals surface area contributed by atoms with Crippen LogP contribution in [0.15, 0.2) is 36.5 Å². The van der Waals surface area contributed by atoms with E-state index in [9.17, 15) is 4.39 Å². The third kappa shape index (κ3) is 2.91. The van der Waals surface area contributed by atoms with E-state index < -0.39 is 0 Å². The highest BCUT2D eigenvalue weighted by molar-refractivity contribution is 5.20. The van der Waals surface area contributed by atoms with E-state index in [2.05, 4.69) is 10.4 Å². The van der Waals surface area contributed by atoms with E-state index in [0.29, 0.717) is 12.1 Å². The Balaban J connectivity index is 1.98. The topological polar surface area (TPSA) is 29.9 Å². The molecule has 0 saturated carbocycles. The standard InChI is InChI=1S/C13H16FN3/c1-10(12-5-3-4-6-13(12)14)15-9-11-7-8-17(2)16-11/h3-8,10,15H,9H2,1-2H3. The molecular formula is C13H16FN3. The van der Waals surface area contributed by atoms with Crippen LogP contribution in [0.25, 0.3) is 0 Å². The van der Waals surface area contributed by atoms with Gasteiger partial charge in [0.1, 0.15) is 5.82 Å². The van der Waals surface area contributed by atoms with Crippen molar-refractivity contribution >= 4 is 0 Å². The largest absolute Gasteiger partial charge is 0.304 e. The Labute approximate surface area is 100 Å². The zero-order chi connectivity index (χ0) is 12.3. The summed E-state index contributed by atoms with van der Waals surface area (Å²) in [5, 5.41) is 7.51. The number of halogens is 1. The van der Waals surface area contributed by atoms with Gasteiger partial charge in [-0.3, -0.25) is 4.68 Å². The maximum atomic E-state index is 13.5. The van der Waals surface area contributed by atoms with Crippen LogP contribution in [0, 0.1) is 5.82 Å². The third-order valence-corrected chi connectivity index (χ3v) is 2.73. The van der Waals surface area contributed by atoms with Crippen LogP contribution in [-0.4, -0.2) is 9.78 Å². The van der Waals surface area contributed by atoms with Crippen molar-refractivity contribution in [1.29, 1.82) is 0 Å². The molecule has 1 heterocycles. The minimum absolute atomic E-state index is 0.0294. The van der Waals surface area contributed by atoms with Crippen LogP contribution < -0.4 is 5.32 Å². The number of hydrogen-bond acceptors (Lipinski definition) is 2. The van der Waals surface area contributed by atoms with Crippen LogP contribution in [0.1, 0.15) is 24.2 Å². The molecule has 1 atom stereocenters. The fourth-order valence-corrected chi connectivity index (χ4v) is 1.75. The lowest BCUT2D eigenvalue weighted by Gasteiger charge is -2.13. The van der Waals surface area contributed by atoms with E-state index in [1.165, 1.54) is 6.07 Å². The molecule has 0 aliphatic rings. The summed E-state index contributed by atoms with van der Waals surface area (Å²) in [7, 11) is 1.88. The number of nitrogens with one attached hydrogen (secondary N) is 1. The summed E-state index contributed by atoms with van der Waals surface area (Å²) in [6.07, 6.45) is 1.89. The second-order valence-corrected chi connectivity index (χ2v) is 4.10. The van der Waals surface area contributed by atoms with Gasteiger partial charge in [-0.05, 0) is 19.1 Å². The van der Waals surface area contributed by atoms with E-state index in [1.807, 2.05) is 32.3 Å². The van der Waals surface area contributed by atoms with Gasteiger partial charge in [-0.2, -0.15) is 5.10 Å². The van der Waals surface area contributed by atoms with Gasteiger partial charge in [0.25, 0.3) is 0 Å². The molecule has 90 valence electrons. The monoisotopic (exact) mass is 233 g/mol. The molecule has 1 N–H and O–H groups in total. The van der Waals surface area contributed by atoms with E-state index in [4.69, 9.17) is 0 Å². The molecule has 3 nitrogen and oxygen atoms in total. The number of benzene rings is 1. The van der Waals surface area contributed by atoms with E-state index >= 15 is 0 Å². The number of rotatable bonds is 4. The van der Waals surface area contributed by atoms with Crippen molar-refractivity contribution in [2.24, 2.45) is 7.05 Å². The molecule has 0 fully saturated rings. The molecule has 0 amide bonds. The summed E-state index contributed by atoms with van der Waals surface area (Å²) in [5.74, 6) is -0.173. The zero-order valence-electron chi connectivity index (χ0n) is 10.0. The van der Waals surface area contributed by atoms with Crippen molar-refractivity contribution in [1.82, 2.24) is 15.1 Å². The Morgan fingerprint density at radius 1 is 1.35 bits per heavy atom. The first-order valence-electron chi connectivity index (χ1n) is 5.63. The molecule has 1 aromatic carbocycles. The fraction of sp³-hybridized carbons (Fsp3) is 0.308. The molecular weight excluding hydrogens is 217 g/mol. The van der Waals surface area contributed by atoms with Crippen LogP contribution in [0.4, 0.5) is 4.39 Å². The molecule has 1 aromatic heterocycles. The van der Waals surface area contributed by atoms with E-state index in [1.54, 1.807) is 16.8 Å². The second-order valence-electron chi connectivity index (χ2n) is 4.10. The Hall–Kier alpha value is -1.68. The predicted octanol–water partition coefficient (Wildman–Crippen LogP) is 2.41. The second kappa shape index (κ2) is 5.10. The highest BCUT2D eigenvalue weighted by Gasteiger charge is 2.09. The molecule has 0 radical (unpaired) electrons. The van der Waals surface area contributed by atoms with Crippen LogP contribution in [0.3, 0.4) is 0 Å². The first-order chi connectivity index (χ1) is 8.16. The highest BCUT2D eigenvalue weighted by Crippen LogP contribution is 2.16. The molecule has 1 unspecified atom stereocenters. The van der Waals surface area contributed by atoms with Crippen LogP contribution in [0.5, 0.6) is 0 Å². The van der Waals surface area contributed by atoms with Gasteiger partial charge in [0, 0.05) is 31.4 Å². The van der Waals surface area contributed by atoms with Gasteiger partial charge in [0.15, 0.2) is 0 Å². The molecule has 0 spiro atoms. The SMILES string of the molecule is CC(NCc1ccn(C)n1)c1ccccc1F. The van der Waals surface area contributed by atoms with Gasteiger partial charge in [-0.15, -0.1) is 0 Å². The smallest absolute Gasteiger partial charge is 0.127 e. The summed E-state index contributed by atoms with van der Waals surface area (Å²) >= 11 is 0. The summed E-state index contributed by atoms with van der Waals surface area (Å²) < 4.78 is 15.3. The van der Waals surface area contributed by atoms with Gasteiger partial charge < -0.3 is 5.32 Å². The predicted molar refractivity (Wildman–Crippen MR) is 64.9 cm³/mol. The van der Waals surface area contributed by atoms with Gasteiger partial charge >= 0.3 is 0 Å². The number of hydrogen-bond donors (Lipinski definition) is 1. The summed E-state index contributed by atoms with van der Waals surface area (Å²) in [6.45, 7) is 2.58. The minimum Gasteiger partial charge on any atom is -0.304 e. The molecule has 0 saturated heterocycles. The molecule has 4 heteroatoms. The van der Waals surface area contributed by atoms with Crippen molar-refractivity contribution in [3.63, 3.8) is 0 Å². The zero-order valence-corrected chi connectivity index (χ0v) is 10.0. The van der Waals surface area contributed by atoms with E-state index in [0.717, 1.165) is 5.69 Å². The fourth-order valence-electron chi connectivity index (χ4n) is 1.75. The third-order valence-electron chi connectivity index (χ3n) is 2.73.